The van der Waals surface area contributed by atoms with Crippen LogP contribution < -0.4 is 10.9 Å². The number of amides is 1. The average Bonchev–Trinajstić information content (AvgIpc) is 3.51. The van der Waals surface area contributed by atoms with Gasteiger partial charge in [-0.25, -0.2) is 5.43 Å². The van der Waals surface area contributed by atoms with Crippen molar-refractivity contribution in [2.24, 2.45) is 11.3 Å². The van der Waals surface area contributed by atoms with E-state index in [9.17, 15) is 4.79 Å². The highest BCUT2D eigenvalue weighted by molar-refractivity contribution is 8.00. The molecule has 2 spiro atoms. The summed E-state index contributed by atoms with van der Waals surface area (Å²) in [6.45, 7) is 1.86. The largest absolute Gasteiger partial charge is 0.335 e. The number of hydrazine groups is 1. The number of carbonyl (C=O) groups is 1. The smallest absolute Gasteiger partial charge is 0.226 e. The molecule has 1 aromatic carbocycles. The van der Waals surface area contributed by atoms with Crippen LogP contribution in [0.15, 0.2) is 30.3 Å². The van der Waals surface area contributed by atoms with Crippen LogP contribution in [-0.2, 0) is 4.79 Å². The van der Waals surface area contributed by atoms with E-state index in [1.165, 1.54) is 101 Å². The summed E-state index contributed by atoms with van der Waals surface area (Å²) in [6, 6.07) is 11.1. The number of thioether (sulfide) groups is 1. The normalized spacial score (nSPS) is 33.7. The molecule has 3 aliphatic carbocycles. The van der Waals surface area contributed by atoms with Gasteiger partial charge in [0.05, 0.1) is 11.6 Å². The maximum atomic E-state index is 14.3. The van der Waals surface area contributed by atoms with Crippen molar-refractivity contribution in [1.29, 1.82) is 0 Å². The van der Waals surface area contributed by atoms with E-state index < -0.39 is 0 Å². The van der Waals surface area contributed by atoms with Crippen LogP contribution in [0.25, 0.3) is 0 Å². The zero-order chi connectivity index (χ0) is 24.4. The summed E-state index contributed by atoms with van der Waals surface area (Å²) in [5.41, 5.74) is 9.28. The predicted molar refractivity (Wildman–Crippen MR) is 150 cm³/mol. The quantitative estimate of drug-likeness (QED) is 0.480. The zero-order valence-corrected chi connectivity index (χ0v) is 23.0. The SMILES string of the molecule is O=C(C1CC1c1ccccc1)N(CC1CC2(CCCCCC2)CS1)C1CNNC12CCCCCCC2. The highest BCUT2D eigenvalue weighted by atomic mass is 32.2. The third-order valence-electron chi connectivity index (χ3n) is 10.4. The van der Waals surface area contributed by atoms with Crippen LogP contribution in [0.4, 0.5) is 0 Å². The molecule has 1 amide bonds. The van der Waals surface area contributed by atoms with Crippen molar-refractivity contribution >= 4 is 17.7 Å². The molecule has 2 aliphatic heterocycles. The van der Waals surface area contributed by atoms with Crippen molar-refractivity contribution in [2.75, 3.05) is 18.8 Å². The van der Waals surface area contributed by atoms with Gasteiger partial charge in [0.15, 0.2) is 0 Å². The van der Waals surface area contributed by atoms with Crippen LogP contribution in [0, 0.1) is 11.3 Å². The van der Waals surface area contributed by atoms with Crippen molar-refractivity contribution in [2.45, 2.75) is 119 Å². The molecule has 0 aromatic heterocycles. The molecule has 2 N–H and O–H groups in total. The number of carbonyl (C=O) groups excluding carboxylic acids is 1. The Kier molecular flexibility index (Phi) is 7.70. The summed E-state index contributed by atoms with van der Waals surface area (Å²) in [5, 5.41) is 0.604. The van der Waals surface area contributed by atoms with E-state index in [1.807, 2.05) is 0 Å². The van der Waals surface area contributed by atoms with E-state index in [4.69, 9.17) is 0 Å². The Hall–Kier alpha value is -1.04. The van der Waals surface area contributed by atoms with Gasteiger partial charge in [0.25, 0.3) is 0 Å². The third kappa shape index (κ3) is 5.27. The fourth-order valence-electron chi connectivity index (χ4n) is 8.18. The maximum Gasteiger partial charge on any atom is 0.226 e. The first-order valence-corrected chi connectivity index (χ1v) is 16.2. The molecule has 6 rings (SSSR count). The molecule has 0 radical (unpaired) electrons. The van der Waals surface area contributed by atoms with Gasteiger partial charge in [0.2, 0.25) is 5.91 Å². The minimum absolute atomic E-state index is 0.0521. The first-order valence-electron chi connectivity index (χ1n) is 15.2. The highest BCUT2D eigenvalue weighted by Crippen LogP contribution is 2.52. The van der Waals surface area contributed by atoms with Crippen LogP contribution >= 0.6 is 11.8 Å². The van der Waals surface area contributed by atoms with Gasteiger partial charge in [0.1, 0.15) is 0 Å². The van der Waals surface area contributed by atoms with Crippen LogP contribution in [0.1, 0.15) is 108 Å². The predicted octanol–water partition coefficient (Wildman–Crippen LogP) is 6.42. The minimum Gasteiger partial charge on any atom is -0.335 e. The van der Waals surface area contributed by atoms with E-state index in [1.54, 1.807) is 0 Å². The molecular formula is C31H47N3OS. The number of benzene rings is 1. The summed E-state index contributed by atoms with van der Waals surface area (Å²) in [6.07, 6.45) is 19.9. The lowest BCUT2D eigenvalue weighted by atomic mass is 9.77. The maximum absolute atomic E-state index is 14.3. The van der Waals surface area contributed by atoms with Crippen molar-refractivity contribution < 1.29 is 4.79 Å². The minimum atomic E-state index is 0.0521. The molecule has 4 unspecified atom stereocenters. The van der Waals surface area contributed by atoms with Gasteiger partial charge in [-0.2, -0.15) is 11.8 Å². The van der Waals surface area contributed by atoms with Crippen molar-refractivity contribution in [3.05, 3.63) is 35.9 Å². The van der Waals surface area contributed by atoms with Crippen LogP contribution in [-0.4, -0.2) is 46.5 Å². The molecule has 5 aliphatic rings. The van der Waals surface area contributed by atoms with Crippen LogP contribution in [0.5, 0.6) is 0 Å². The lowest BCUT2D eigenvalue weighted by Gasteiger charge is -2.43. The lowest BCUT2D eigenvalue weighted by molar-refractivity contribution is -0.136. The topological polar surface area (TPSA) is 44.4 Å². The zero-order valence-electron chi connectivity index (χ0n) is 22.2. The summed E-state index contributed by atoms with van der Waals surface area (Å²) >= 11 is 2.20. The second-order valence-electron chi connectivity index (χ2n) is 12.8. The van der Waals surface area contributed by atoms with E-state index in [-0.39, 0.29) is 17.5 Å². The summed E-state index contributed by atoms with van der Waals surface area (Å²) in [5.74, 6) is 2.36. The Labute approximate surface area is 223 Å². The lowest BCUT2D eigenvalue weighted by Crippen LogP contribution is -2.59. The first-order chi connectivity index (χ1) is 17.7. The fourth-order valence-corrected chi connectivity index (χ4v) is 9.92. The fraction of sp³-hybridized carbons (Fsp3) is 0.774. The van der Waals surface area contributed by atoms with Crippen molar-refractivity contribution in [3.63, 3.8) is 0 Å². The Morgan fingerprint density at radius 3 is 2.31 bits per heavy atom. The molecule has 1 aromatic rings. The van der Waals surface area contributed by atoms with E-state index in [0.29, 0.717) is 22.5 Å². The molecule has 36 heavy (non-hydrogen) atoms. The number of nitrogens with zero attached hydrogens (tertiary/aromatic N) is 1. The molecule has 5 heteroatoms. The molecule has 2 saturated heterocycles. The standard InChI is InChI=1S/C31H47N3OS/c35-29(27-19-26(27)24-13-7-6-8-14-24)34(22-25-20-30(23-36-25)15-9-4-5-10-16-30)28-21-32-33-31(28)17-11-2-1-3-12-18-31/h6-8,13-14,25-28,32-33H,1-5,9-12,15-23H2. The molecule has 4 nitrogen and oxygen atoms in total. The number of rotatable bonds is 5. The summed E-state index contributed by atoms with van der Waals surface area (Å²) in [7, 11) is 0. The second-order valence-corrected chi connectivity index (χ2v) is 14.1. The van der Waals surface area contributed by atoms with Crippen molar-refractivity contribution in [3.8, 4) is 0 Å². The Bertz CT molecular complexity index is 875. The monoisotopic (exact) mass is 509 g/mol. The Morgan fingerprint density at radius 2 is 1.58 bits per heavy atom. The molecule has 5 fully saturated rings. The number of hydrogen-bond acceptors (Lipinski definition) is 4. The van der Waals surface area contributed by atoms with Gasteiger partial charge in [0, 0.05) is 24.3 Å². The average molecular weight is 510 g/mol. The van der Waals surface area contributed by atoms with Gasteiger partial charge < -0.3 is 4.90 Å². The molecule has 0 bridgehead atoms. The summed E-state index contributed by atoms with van der Waals surface area (Å²) in [4.78, 5) is 16.8. The third-order valence-corrected chi connectivity index (χ3v) is 11.9. The van der Waals surface area contributed by atoms with E-state index >= 15 is 0 Å². The summed E-state index contributed by atoms with van der Waals surface area (Å²) < 4.78 is 0. The molecular weight excluding hydrogens is 462 g/mol. The Morgan fingerprint density at radius 1 is 0.917 bits per heavy atom. The first kappa shape index (κ1) is 25.2. The highest BCUT2D eigenvalue weighted by Gasteiger charge is 2.53. The van der Waals surface area contributed by atoms with Gasteiger partial charge >= 0.3 is 0 Å². The van der Waals surface area contributed by atoms with Gasteiger partial charge in [-0.1, -0.05) is 88.1 Å². The number of nitrogens with one attached hydrogen (secondary N) is 2. The molecule has 198 valence electrons. The molecule has 3 saturated carbocycles. The number of hydrogen-bond donors (Lipinski definition) is 2. The van der Waals surface area contributed by atoms with Gasteiger partial charge in [-0.3, -0.25) is 10.2 Å². The van der Waals surface area contributed by atoms with Crippen LogP contribution in [0.3, 0.4) is 0 Å². The van der Waals surface area contributed by atoms with E-state index in [2.05, 4.69) is 57.8 Å². The van der Waals surface area contributed by atoms with Gasteiger partial charge in [-0.15, -0.1) is 0 Å². The molecule has 2 heterocycles. The van der Waals surface area contributed by atoms with E-state index in [0.717, 1.165) is 19.5 Å². The van der Waals surface area contributed by atoms with Crippen LogP contribution in [0.2, 0.25) is 0 Å². The van der Waals surface area contributed by atoms with Crippen molar-refractivity contribution in [1.82, 2.24) is 15.8 Å². The Balaban J connectivity index is 1.22. The second kappa shape index (κ2) is 11.0. The molecule has 4 atom stereocenters. The van der Waals surface area contributed by atoms with Gasteiger partial charge in [-0.05, 0) is 61.2 Å².